The zero-order chi connectivity index (χ0) is 21.5. The monoisotopic (exact) mass is 509 g/mol. The van der Waals surface area contributed by atoms with Crippen LogP contribution in [0.5, 0.6) is 11.5 Å². The molecule has 0 aliphatic carbocycles. The van der Waals surface area contributed by atoms with E-state index in [0.29, 0.717) is 34.6 Å². The molecule has 30 heavy (non-hydrogen) atoms. The van der Waals surface area contributed by atoms with Crippen LogP contribution in [0.2, 0.25) is 10.0 Å². The number of benzene rings is 3. The molecule has 3 aromatic carbocycles. The summed E-state index contributed by atoms with van der Waals surface area (Å²) >= 11 is 16.0. The van der Waals surface area contributed by atoms with Crippen LogP contribution in [0.25, 0.3) is 0 Å². The Labute approximate surface area is 194 Å². The van der Waals surface area contributed by atoms with Gasteiger partial charge in [0.25, 0.3) is 0 Å². The van der Waals surface area contributed by atoms with Crippen LogP contribution in [-0.4, -0.2) is 18.8 Å². The van der Waals surface area contributed by atoms with E-state index < -0.39 is 6.10 Å². The molecule has 158 valence electrons. The van der Waals surface area contributed by atoms with Crippen LogP contribution in [-0.2, 0) is 13.2 Å². The van der Waals surface area contributed by atoms with E-state index in [1.165, 1.54) is 0 Å². The van der Waals surface area contributed by atoms with E-state index in [9.17, 15) is 5.11 Å². The quantitative estimate of drug-likeness (QED) is 0.361. The van der Waals surface area contributed by atoms with Crippen molar-refractivity contribution < 1.29 is 14.6 Å². The van der Waals surface area contributed by atoms with Gasteiger partial charge in [-0.25, -0.2) is 0 Å². The van der Waals surface area contributed by atoms with E-state index >= 15 is 0 Å². The molecule has 0 amide bonds. The van der Waals surface area contributed by atoms with Gasteiger partial charge in [0.15, 0.2) is 11.5 Å². The van der Waals surface area contributed by atoms with Gasteiger partial charge in [0, 0.05) is 28.7 Å². The normalized spacial score (nSPS) is 11.9. The Kier molecular flexibility index (Phi) is 8.42. The number of hydrogen-bond acceptors (Lipinski definition) is 4. The van der Waals surface area contributed by atoms with Crippen LogP contribution >= 0.6 is 39.1 Å². The number of halogens is 3. The number of ether oxygens (including phenoxy) is 2. The van der Waals surface area contributed by atoms with Gasteiger partial charge in [-0.1, -0.05) is 59.6 Å². The summed E-state index contributed by atoms with van der Waals surface area (Å²) in [5, 5.41) is 14.7. The van der Waals surface area contributed by atoms with Crippen LogP contribution in [0.15, 0.2) is 65.1 Å². The molecule has 7 heteroatoms. The molecule has 1 atom stereocenters. The minimum Gasteiger partial charge on any atom is -0.493 e. The van der Waals surface area contributed by atoms with Crippen molar-refractivity contribution in [3.63, 3.8) is 0 Å². The molecule has 3 rings (SSSR count). The van der Waals surface area contributed by atoms with Crippen molar-refractivity contribution in [1.29, 1.82) is 0 Å². The second kappa shape index (κ2) is 11.0. The van der Waals surface area contributed by atoms with Crippen LogP contribution in [0, 0.1) is 0 Å². The molecular weight excluding hydrogens is 489 g/mol. The molecule has 0 heterocycles. The van der Waals surface area contributed by atoms with E-state index in [-0.39, 0.29) is 6.61 Å². The zero-order valence-corrected chi connectivity index (χ0v) is 19.5. The highest BCUT2D eigenvalue weighted by molar-refractivity contribution is 9.10. The lowest BCUT2D eigenvalue weighted by Crippen LogP contribution is -2.21. The molecule has 0 saturated heterocycles. The smallest absolute Gasteiger partial charge is 0.175 e. The molecule has 3 aromatic rings. The largest absolute Gasteiger partial charge is 0.493 e. The van der Waals surface area contributed by atoms with Gasteiger partial charge in [0.1, 0.15) is 6.61 Å². The molecule has 0 bridgehead atoms. The van der Waals surface area contributed by atoms with Crippen LogP contribution in [0.4, 0.5) is 0 Å². The lowest BCUT2D eigenvalue weighted by molar-refractivity contribution is 0.174. The Morgan fingerprint density at radius 2 is 1.73 bits per heavy atom. The topological polar surface area (TPSA) is 50.7 Å². The Morgan fingerprint density at radius 1 is 1.03 bits per heavy atom. The average molecular weight is 511 g/mol. The van der Waals surface area contributed by atoms with E-state index in [2.05, 4.69) is 21.2 Å². The van der Waals surface area contributed by atoms with Gasteiger partial charge in [0.2, 0.25) is 0 Å². The summed E-state index contributed by atoms with van der Waals surface area (Å²) in [6, 6.07) is 18.8. The predicted molar refractivity (Wildman–Crippen MR) is 125 cm³/mol. The molecule has 0 spiro atoms. The zero-order valence-electron chi connectivity index (χ0n) is 16.4. The number of aliphatic hydroxyl groups excluding tert-OH is 1. The van der Waals surface area contributed by atoms with Crippen molar-refractivity contribution in [2.24, 2.45) is 0 Å². The average Bonchev–Trinajstić information content (AvgIpc) is 2.74. The van der Waals surface area contributed by atoms with Crippen molar-refractivity contribution in [2.75, 3.05) is 13.7 Å². The van der Waals surface area contributed by atoms with Crippen LogP contribution < -0.4 is 14.8 Å². The van der Waals surface area contributed by atoms with Crippen molar-refractivity contribution in [2.45, 2.75) is 19.3 Å². The lowest BCUT2D eigenvalue weighted by atomic mass is 10.1. The highest BCUT2D eigenvalue weighted by Crippen LogP contribution is 2.38. The fourth-order valence-corrected chi connectivity index (χ4v) is 4.09. The molecule has 0 fully saturated rings. The highest BCUT2D eigenvalue weighted by atomic mass is 79.9. The number of nitrogens with one attached hydrogen (secondary N) is 1. The van der Waals surface area contributed by atoms with E-state index in [1.807, 2.05) is 42.5 Å². The van der Waals surface area contributed by atoms with Crippen LogP contribution in [0.1, 0.15) is 22.8 Å². The number of hydrogen-bond donors (Lipinski definition) is 2. The van der Waals surface area contributed by atoms with Gasteiger partial charge in [-0.3, -0.25) is 0 Å². The molecule has 0 aromatic heterocycles. The SMILES string of the molecule is COc1cc(CNC[C@H](O)c2ccccc2)cc(Br)c1OCc1c(Cl)cccc1Cl. The van der Waals surface area contributed by atoms with Gasteiger partial charge < -0.3 is 19.9 Å². The Balaban J connectivity index is 1.65. The molecule has 2 N–H and O–H groups in total. The Bertz CT molecular complexity index is 965. The summed E-state index contributed by atoms with van der Waals surface area (Å²) in [6.45, 7) is 1.22. The maximum Gasteiger partial charge on any atom is 0.175 e. The fourth-order valence-electron chi connectivity index (χ4n) is 2.98. The molecule has 4 nitrogen and oxygen atoms in total. The van der Waals surface area contributed by atoms with Gasteiger partial charge in [0.05, 0.1) is 17.7 Å². The standard InChI is InChI=1S/C23H22BrCl2NO3/c1-29-22-11-15(12-27-13-21(28)16-6-3-2-4-7-16)10-18(24)23(22)30-14-17-19(25)8-5-9-20(17)26/h2-11,21,27-28H,12-14H2,1H3/t21-/m0/s1. The fraction of sp³-hybridized carbons (Fsp3) is 0.217. The summed E-state index contributed by atoms with van der Waals surface area (Å²) in [4.78, 5) is 0. The summed E-state index contributed by atoms with van der Waals surface area (Å²) in [6.07, 6.45) is -0.570. The van der Waals surface area contributed by atoms with E-state index in [1.54, 1.807) is 25.3 Å². The van der Waals surface area contributed by atoms with E-state index in [0.717, 1.165) is 21.2 Å². The van der Waals surface area contributed by atoms with Gasteiger partial charge in [-0.15, -0.1) is 0 Å². The maximum atomic E-state index is 10.3. The first kappa shape index (κ1) is 22.9. The molecule has 0 aliphatic heterocycles. The second-order valence-corrected chi connectivity index (χ2v) is 8.32. The summed E-state index contributed by atoms with van der Waals surface area (Å²) in [7, 11) is 1.59. The third-order valence-electron chi connectivity index (χ3n) is 4.56. The summed E-state index contributed by atoms with van der Waals surface area (Å²) in [5.41, 5.74) is 2.59. The molecule has 0 saturated carbocycles. The third-order valence-corrected chi connectivity index (χ3v) is 5.86. The summed E-state index contributed by atoms with van der Waals surface area (Å²) < 4.78 is 12.2. The Hall–Kier alpha value is -1.76. The number of methoxy groups -OCH3 is 1. The number of rotatable bonds is 9. The highest BCUT2D eigenvalue weighted by Gasteiger charge is 2.14. The van der Waals surface area contributed by atoms with E-state index in [4.69, 9.17) is 32.7 Å². The minimum absolute atomic E-state index is 0.217. The second-order valence-electron chi connectivity index (χ2n) is 6.66. The molecular formula is C23H22BrCl2NO3. The minimum atomic E-state index is -0.570. The number of aliphatic hydroxyl groups is 1. The lowest BCUT2D eigenvalue weighted by Gasteiger charge is -2.16. The molecule has 0 aliphatic rings. The first-order chi connectivity index (χ1) is 14.5. The molecule has 0 radical (unpaired) electrons. The van der Waals surface area contributed by atoms with Gasteiger partial charge in [-0.05, 0) is 51.3 Å². The van der Waals surface area contributed by atoms with Crippen molar-refractivity contribution in [3.05, 3.63) is 91.9 Å². The Morgan fingerprint density at radius 3 is 2.40 bits per heavy atom. The first-order valence-corrected chi connectivity index (χ1v) is 10.9. The predicted octanol–water partition coefficient (Wildman–Crippen LogP) is 6.17. The molecule has 0 unspecified atom stereocenters. The third kappa shape index (κ3) is 5.90. The maximum absolute atomic E-state index is 10.3. The first-order valence-electron chi connectivity index (χ1n) is 9.35. The van der Waals surface area contributed by atoms with Crippen LogP contribution in [0.3, 0.4) is 0 Å². The van der Waals surface area contributed by atoms with Crippen molar-refractivity contribution >= 4 is 39.1 Å². The van der Waals surface area contributed by atoms with Gasteiger partial charge >= 0.3 is 0 Å². The van der Waals surface area contributed by atoms with Gasteiger partial charge in [-0.2, -0.15) is 0 Å². The summed E-state index contributed by atoms with van der Waals surface area (Å²) in [5.74, 6) is 1.16. The van der Waals surface area contributed by atoms with Crippen molar-refractivity contribution in [1.82, 2.24) is 5.32 Å². The van der Waals surface area contributed by atoms with Crippen molar-refractivity contribution in [3.8, 4) is 11.5 Å².